The number of nitrogens with one attached hydrogen (secondary N) is 1. The third-order valence-corrected chi connectivity index (χ3v) is 3.25. The number of ether oxygens (including phenoxy) is 1. The van der Waals surface area contributed by atoms with Gasteiger partial charge in [-0.1, -0.05) is 0 Å². The van der Waals surface area contributed by atoms with Crippen LogP contribution in [0.3, 0.4) is 0 Å². The second-order valence-corrected chi connectivity index (χ2v) is 4.26. The van der Waals surface area contributed by atoms with E-state index in [4.69, 9.17) is 4.74 Å². The first-order valence-corrected chi connectivity index (χ1v) is 5.55. The van der Waals surface area contributed by atoms with E-state index in [9.17, 15) is 10.1 Å². The Kier molecular flexibility index (Phi) is 3.23. The SMILES string of the molecule is COC1(CNc2ccc([N+](=O)[O-])nc2)CCC1. The molecule has 0 unspecified atom stereocenters. The van der Waals surface area contributed by atoms with Gasteiger partial charge in [-0.05, 0) is 35.2 Å². The molecule has 1 fully saturated rings. The summed E-state index contributed by atoms with van der Waals surface area (Å²) in [4.78, 5) is 13.7. The minimum Gasteiger partial charge on any atom is -0.379 e. The number of nitro groups is 1. The van der Waals surface area contributed by atoms with E-state index in [1.165, 1.54) is 18.7 Å². The topological polar surface area (TPSA) is 77.3 Å². The maximum Gasteiger partial charge on any atom is 0.363 e. The first-order valence-electron chi connectivity index (χ1n) is 5.55. The van der Waals surface area contributed by atoms with Gasteiger partial charge in [0.25, 0.3) is 0 Å². The molecule has 1 N–H and O–H groups in total. The van der Waals surface area contributed by atoms with Crippen LogP contribution in [0.15, 0.2) is 18.3 Å². The monoisotopic (exact) mass is 237 g/mol. The Labute approximate surface area is 99.2 Å². The fourth-order valence-electron chi connectivity index (χ4n) is 1.89. The molecule has 0 aromatic carbocycles. The lowest BCUT2D eigenvalue weighted by atomic mass is 9.80. The summed E-state index contributed by atoms with van der Waals surface area (Å²) in [5, 5.41) is 13.6. The van der Waals surface area contributed by atoms with Crippen molar-refractivity contribution in [1.29, 1.82) is 0 Å². The van der Waals surface area contributed by atoms with Crippen LogP contribution in [0, 0.1) is 10.1 Å². The van der Waals surface area contributed by atoms with Crippen LogP contribution in [0.1, 0.15) is 19.3 Å². The van der Waals surface area contributed by atoms with Crippen LogP contribution in [0.5, 0.6) is 0 Å². The normalized spacial score (nSPS) is 17.2. The largest absolute Gasteiger partial charge is 0.379 e. The molecule has 0 spiro atoms. The van der Waals surface area contributed by atoms with E-state index in [1.54, 1.807) is 13.2 Å². The molecule has 0 bridgehead atoms. The molecule has 0 amide bonds. The van der Waals surface area contributed by atoms with Gasteiger partial charge in [-0.15, -0.1) is 0 Å². The van der Waals surface area contributed by atoms with Gasteiger partial charge < -0.3 is 20.2 Å². The van der Waals surface area contributed by atoms with E-state index < -0.39 is 4.92 Å². The second-order valence-electron chi connectivity index (χ2n) is 4.26. The zero-order valence-electron chi connectivity index (χ0n) is 9.68. The van der Waals surface area contributed by atoms with Crippen molar-refractivity contribution in [3.63, 3.8) is 0 Å². The van der Waals surface area contributed by atoms with Gasteiger partial charge in [0.05, 0.1) is 11.3 Å². The number of hydrogen-bond acceptors (Lipinski definition) is 5. The molecular weight excluding hydrogens is 222 g/mol. The minimum absolute atomic E-state index is 0.0677. The van der Waals surface area contributed by atoms with Crippen molar-refractivity contribution in [3.8, 4) is 0 Å². The Morgan fingerprint density at radius 2 is 2.35 bits per heavy atom. The van der Waals surface area contributed by atoms with Crippen molar-refractivity contribution < 1.29 is 9.66 Å². The molecule has 1 aromatic heterocycles. The lowest BCUT2D eigenvalue weighted by Gasteiger charge is -2.40. The van der Waals surface area contributed by atoms with E-state index in [0.29, 0.717) is 6.54 Å². The molecule has 0 atom stereocenters. The summed E-state index contributed by atoms with van der Waals surface area (Å²) in [6.45, 7) is 0.711. The first-order chi connectivity index (χ1) is 8.15. The quantitative estimate of drug-likeness (QED) is 0.625. The molecule has 6 heteroatoms. The molecule has 2 rings (SSSR count). The van der Waals surface area contributed by atoms with Crippen LogP contribution in [0.2, 0.25) is 0 Å². The number of pyridine rings is 1. The number of hydrogen-bond donors (Lipinski definition) is 1. The van der Waals surface area contributed by atoms with Crippen molar-refractivity contribution in [2.75, 3.05) is 19.0 Å². The average Bonchev–Trinajstić information content (AvgIpc) is 2.29. The Bertz CT molecular complexity index is 395. The summed E-state index contributed by atoms with van der Waals surface area (Å²) in [5.41, 5.74) is 0.709. The number of aromatic nitrogens is 1. The highest BCUT2D eigenvalue weighted by Gasteiger charge is 2.36. The van der Waals surface area contributed by atoms with Gasteiger partial charge in [-0.25, -0.2) is 0 Å². The van der Waals surface area contributed by atoms with Crippen LogP contribution < -0.4 is 5.32 Å². The molecule has 1 saturated carbocycles. The van der Waals surface area contributed by atoms with Crippen molar-refractivity contribution in [3.05, 3.63) is 28.4 Å². The van der Waals surface area contributed by atoms with Crippen molar-refractivity contribution in [1.82, 2.24) is 4.98 Å². The Balaban J connectivity index is 1.93. The van der Waals surface area contributed by atoms with E-state index in [-0.39, 0.29) is 11.4 Å². The van der Waals surface area contributed by atoms with Gasteiger partial charge in [0.2, 0.25) is 0 Å². The molecule has 0 radical (unpaired) electrons. The van der Waals surface area contributed by atoms with Crippen molar-refractivity contribution >= 4 is 11.5 Å². The van der Waals surface area contributed by atoms with Gasteiger partial charge in [0.1, 0.15) is 0 Å². The maximum absolute atomic E-state index is 10.4. The molecule has 0 saturated heterocycles. The van der Waals surface area contributed by atoms with Crippen LogP contribution >= 0.6 is 0 Å². The lowest BCUT2D eigenvalue weighted by molar-refractivity contribution is -0.389. The fourth-order valence-corrected chi connectivity index (χ4v) is 1.89. The highest BCUT2D eigenvalue weighted by Crippen LogP contribution is 2.35. The van der Waals surface area contributed by atoms with Gasteiger partial charge in [0, 0.05) is 19.7 Å². The molecule has 1 aromatic rings. The van der Waals surface area contributed by atoms with E-state index in [1.807, 2.05) is 0 Å². The Morgan fingerprint density at radius 1 is 1.59 bits per heavy atom. The first kappa shape index (κ1) is 11.8. The molecule has 17 heavy (non-hydrogen) atoms. The zero-order valence-corrected chi connectivity index (χ0v) is 9.68. The fraction of sp³-hybridized carbons (Fsp3) is 0.545. The van der Waals surface area contributed by atoms with Crippen LogP contribution in [-0.4, -0.2) is 29.2 Å². The summed E-state index contributed by atoms with van der Waals surface area (Å²) in [7, 11) is 1.72. The third kappa shape index (κ3) is 2.52. The number of anilines is 1. The van der Waals surface area contributed by atoms with Crippen molar-refractivity contribution in [2.45, 2.75) is 24.9 Å². The zero-order chi connectivity index (χ0) is 12.3. The second kappa shape index (κ2) is 4.67. The molecule has 92 valence electrons. The Morgan fingerprint density at radius 3 is 2.76 bits per heavy atom. The molecule has 1 heterocycles. The number of rotatable bonds is 5. The number of methoxy groups -OCH3 is 1. The number of nitrogens with zero attached hydrogens (tertiary/aromatic N) is 2. The van der Waals surface area contributed by atoms with Gasteiger partial charge in [0.15, 0.2) is 6.20 Å². The van der Waals surface area contributed by atoms with Crippen LogP contribution in [0.25, 0.3) is 0 Å². The molecule has 1 aliphatic carbocycles. The average molecular weight is 237 g/mol. The van der Waals surface area contributed by atoms with E-state index in [0.717, 1.165) is 18.5 Å². The summed E-state index contributed by atoms with van der Waals surface area (Å²) in [6, 6.07) is 3.05. The molecular formula is C11H15N3O3. The predicted octanol–water partition coefficient (Wildman–Crippen LogP) is 1.97. The van der Waals surface area contributed by atoms with Gasteiger partial charge in [-0.3, -0.25) is 0 Å². The van der Waals surface area contributed by atoms with Crippen LogP contribution in [-0.2, 0) is 4.74 Å². The molecule has 6 nitrogen and oxygen atoms in total. The van der Waals surface area contributed by atoms with Crippen LogP contribution in [0.4, 0.5) is 11.5 Å². The van der Waals surface area contributed by atoms with Crippen molar-refractivity contribution in [2.24, 2.45) is 0 Å². The molecule has 1 aliphatic rings. The highest BCUT2D eigenvalue weighted by molar-refractivity contribution is 5.43. The summed E-state index contributed by atoms with van der Waals surface area (Å²) in [6.07, 6.45) is 4.77. The predicted molar refractivity (Wildman–Crippen MR) is 63.0 cm³/mol. The minimum atomic E-state index is -0.508. The van der Waals surface area contributed by atoms with Gasteiger partial charge in [-0.2, -0.15) is 0 Å². The van der Waals surface area contributed by atoms with E-state index in [2.05, 4.69) is 10.3 Å². The summed E-state index contributed by atoms with van der Waals surface area (Å²) in [5.74, 6) is -0.138. The third-order valence-electron chi connectivity index (χ3n) is 3.25. The molecule has 0 aliphatic heterocycles. The summed E-state index contributed by atoms with van der Waals surface area (Å²) >= 11 is 0. The lowest BCUT2D eigenvalue weighted by Crippen LogP contribution is -2.45. The Hall–Kier alpha value is -1.69. The van der Waals surface area contributed by atoms with E-state index >= 15 is 0 Å². The standard InChI is InChI=1S/C11H15N3O3/c1-17-11(5-2-6-11)8-13-9-3-4-10(12-7-9)14(15)16/h3-4,7,13H,2,5-6,8H2,1H3. The van der Waals surface area contributed by atoms with Gasteiger partial charge >= 0.3 is 5.82 Å². The smallest absolute Gasteiger partial charge is 0.363 e. The maximum atomic E-state index is 10.4. The summed E-state index contributed by atoms with van der Waals surface area (Å²) < 4.78 is 5.47. The highest BCUT2D eigenvalue weighted by atomic mass is 16.6.